The molecule has 0 spiro atoms. The smallest absolute Gasteiger partial charge is 0.266 e. The van der Waals surface area contributed by atoms with Crippen LogP contribution in [0.3, 0.4) is 0 Å². The van der Waals surface area contributed by atoms with Crippen LogP contribution in [0.5, 0.6) is 0 Å². The molecule has 5 nitrogen and oxygen atoms in total. The third-order valence-electron chi connectivity index (χ3n) is 2.04. The molecule has 0 unspecified atom stereocenters. The number of hydrogen-bond donors (Lipinski definition) is 2. The van der Waals surface area contributed by atoms with E-state index in [-0.39, 0.29) is 10.8 Å². The third-order valence-corrected chi connectivity index (χ3v) is 5.60. The normalized spacial score (nSPS) is 11.5. The first-order chi connectivity index (χ1) is 8.79. The van der Waals surface area contributed by atoms with E-state index >= 15 is 0 Å². The first-order valence-corrected chi connectivity index (χ1v) is 8.57. The average Bonchev–Trinajstić information content (AvgIpc) is 2.68. The summed E-state index contributed by atoms with van der Waals surface area (Å²) in [4.78, 5) is 3.29. The molecule has 102 valence electrons. The molecule has 2 aromatic rings. The minimum Gasteiger partial charge on any atom is -0.398 e. The number of thiazole rings is 1. The zero-order valence-corrected chi connectivity index (χ0v) is 13.8. The van der Waals surface area contributed by atoms with Crippen LogP contribution in [-0.4, -0.2) is 13.4 Å². The van der Waals surface area contributed by atoms with Crippen LogP contribution in [0.2, 0.25) is 0 Å². The Morgan fingerprint density at radius 3 is 2.63 bits per heavy atom. The van der Waals surface area contributed by atoms with Crippen LogP contribution in [0.15, 0.2) is 31.5 Å². The first-order valence-electron chi connectivity index (χ1n) is 4.68. The topological polar surface area (TPSA) is 85.1 Å². The molecule has 1 aromatic carbocycles. The summed E-state index contributed by atoms with van der Waals surface area (Å²) in [7, 11) is -4.07. The predicted molar refractivity (Wildman–Crippen MR) is 79.1 cm³/mol. The summed E-state index contributed by atoms with van der Waals surface area (Å²) in [5.41, 5.74) is 5.68. The standard InChI is InChI=1S/C9H6Br2FN3O2S2/c10-4-1-5(12)7(2-6(4)13)19(16,17)15-9-14-3-8(11)18-9/h1-3H,13H2,(H,14,15). The monoisotopic (exact) mass is 429 g/mol. The maximum atomic E-state index is 13.7. The van der Waals surface area contributed by atoms with Gasteiger partial charge in [-0.25, -0.2) is 17.8 Å². The first kappa shape index (κ1) is 14.7. The molecule has 19 heavy (non-hydrogen) atoms. The fraction of sp³-hybridized carbons (Fsp3) is 0. The van der Waals surface area contributed by atoms with Gasteiger partial charge in [0.15, 0.2) is 5.13 Å². The number of benzene rings is 1. The van der Waals surface area contributed by atoms with Gasteiger partial charge in [-0.1, -0.05) is 11.3 Å². The summed E-state index contributed by atoms with van der Waals surface area (Å²) >= 11 is 7.25. The Bertz CT molecular complexity index is 733. The highest BCUT2D eigenvalue weighted by Gasteiger charge is 2.22. The van der Waals surface area contributed by atoms with Crippen LogP contribution in [0.4, 0.5) is 15.2 Å². The van der Waals surface area contributed by atoms with Crippen molar-refractivity contribution < 1.29 is 12.8 Å². The second kappa shape index (κ2) is 5.35. The Kier molecular flexibility index (Phi) is 4.14. The van der Waals surface area contributed by atoms with Gasteiger partial charge in [-0.15, -0.1) is 0 Å². The van der Waals surface area contributed by atoms with Gasteiger partial charge in [0.25, 0.3) is 10.0 Å². The Labute approximate surface area is 129 Å². The van der Waals surface area contributed by atoms with Gasteiger partial charge in [0.2, 0.25) is 0 Å². The number of nitrogens with one attached hydrogen (secondary N) is 1. The van der Waals surface area contributed by atoms with Crippen molar-refractivity contribution in [2.75, 3.05) is 10.5 Å². The Morgan fingerprint density at radius 2 is 2.05 bits per heavy atom. The van der Waals surface area contributed by atoms with E-state index in [1.807, 2.05) is 0 Å². The number of nitrogens with zero attached hydrogens (tertiary/aromatic N) is 1. The van der Waals surface area contributed by atoms with Gasteiger partial charge in [0, 0.05) is 10.2 Å². The van der Waals surface area contributed by atoms with Crippen molar-refractivity contribution in [1.82, 2.24) is 4.98 Å². The van der Waals surface area contributed by atoms with Gasteiger partial charge >= 0.3 is 0 Å². The molecule has 0 aliphatic heterocycles. The number of nitrogens with two attached hydrogens (primary N) is 1. The minimum atomic E-state index is -4.07. The van der Waals surface area contributed by atoms with E-state index < -0.39 is 20.7 Å². The van der Waals surface area contributed by atoms with E-state index in [2.05, 4.69) is 41.6 Å². The molecule has 0 aliphatic rings. The molecule has 0 aliphatic carbocycles. The number of hydrogen-bond acceptors (Lipinski definition) is 5. The van der Waals surface area contributed by atoms with Gasteiger partial charge in [-0.3, -0.25) is 4.72 Å². The minimum absolute atomic E-state index is 0.127. The van der Waals surface area contributed by atoms with Gasteiger partial charge in [-0.2, -0.15) is 0 Å². The van der Waals surface area contributed by atoms with E-state index in [0.29, 0.717) is 8.26 Å². The molecule has 0 atom stereocenters. The second-order valence-corrected chi connectivity index (χ2v) is 8.29. The van der Waals surface area contributed by atoms with E-state index in [1.165, 1.54) is 6.20 Å². The van der Waals surface area contributed by atoms with Crippen LogP contribution in [0.25, 0.3) is 0 Å². The fourth-order valence-corrected chi connectivity index (χ4v) is 3.98. The molecule has 0 radical (unpaired) electrons. The quantitative estimate of drug-likeness (QED) is 0.732. The number of halogens is 3. The SMILES string of the molecule is Nc1cc(S(=O)(=O)Nc2ncc(Br)s2)c(F)cc1Br. The van der Waals surface area contributed by atoms with Crippen LogP contribution in [0, 0.1) is 5.82 Å². The molecule has 3 N–H and O–H groups in total. The molecule has 1 aromatic heterocycles. The molecule has 10 heteroatoms. The molecule has 2 rings (SSSR count). The third kappa shape index (κ3) is 3.25. The van der Waals surface area contributed by atoms with Crippen LogP contribution in [0.1, 0.15) is 0 Å². The molecule has 0 saturated heterocycles. The zero-order valence-electron chi connectivity index (χ0n) is 9.02. The molecular weight excluding hydrogens is 425 g/mol. The lowest BCUT2D eigenvalue weighted by Gasteiger charge is -2.08. The van der Waals surface area contributed by atoms with Gasteiger partial charge in [0.1, 0.15) is 10.7 Å². The largest absolute Gasteiger partial charge is 0.398 e. The van der Waals surface area contributed by atoms with Crippen molar-refractivity contribution in [1.29, 1.82) is 0 Å². The van der Waals surface area contributed by atoms with Crippen LogP contribution in [-0.2, 0) is 10.0 Å². The Hall–Kier alpha value is -0.710. The van der Waals surface area contributed by atoms with E-state index in [4.69, 9.17) is 5.73 Å². The Balaban J connectivity index is 2.42. The second-order valence-electron chi connectivity index (χ2n) is 3.38. The molecular formula is C9H6Br2FN3O2S2. The zero-order chi connectivity index (χ0) is 14.2. The molecule has 0 amide bonds. The van der Waals surface area contributed by atoms with Crippen molar-refractivity contribution in [2.24, 2.45) is 0 Å². The molecule has 0 fully saturated rings. The summed E-state index contributed by atoms with van der Waals surface area (Å²) < 4.78 is 40.9. The number of rotatable bonds is 3. The van der Waals surface area contributed by atoms with Gasteiger partial charge in [-0.05, 0) is 44.0 Å². The summed E-state index contributed by atoms with van der Waals surface area (Å²) in [6.45, 7) is 0. The van der Waals surface area contributed by atoms with Crippen LogP contribution < -0.4 is 10.5 Å². The van der Waals surface area contributed by atoms with Gasteiger partial charge in [0.05, 0.1) is 9.98 Å². The van der Waals surface area contributed by atoms with Crippen molar-refractivity contribution in [3.05, 3.63) is 32.4 Å². The lowest BCUT2D eigenvalue weighted by molar-refractivity contribution is 0.570. The summed E-state index contributed by atoms with van der Waals surface area (Å²) in [6, 6.07) is 2.05. The van der Waals surface area contributed by atoms with Crippen molar-refractivity contribution in [3.63, 3.8) is 0 Å². The van der Waals surface area contributed by atoms with Crippen LogP contribution >= 0.6 is 43.2 Å². The summed E-state index contributed by atoms with van der Waals surface area (Å²) in [6.07, 6.45) is 1.44. The highest BCUT2D eigenvalue weighted by atomic mass is 79.9. The van der Waals surface area contributed by atoms with Crippen molar-refractivity contribution in [2.45, 2.75) is 4.90 Å². The van der Waals surface area contributed by atoms with Crippen molar-refractivity contribution in [3.8, 4) is 0 Å². The maximum absolute atomic E-state index is 13.7. The molecule has 0 saturated carbocycles. The summed E-state index contributed by atoms with van der Waals surface area (Å²) in [5.74, 6) is -0.899. The highest BCUT2D eigenvalue weighted by molar-refractivity contribution is 9.11. The van der Waals surface area contributed by atoms with Crippen molar-refractivity contribution >= 4 is 64.0 Å². The Morgan fingerprint density at radius 1 is 1.37 bits per heavy atom. The highest BCUT2D eigenvalue weighted by Crippen LogP contribution is 2.29. The van der Waals surface area contributed by atoms with E-state index in [0.717, 1.165) is 23.5 Å². The lowest BCUT2D eigenvalue weighted by Crippen LogP contribution is -2.15. The number of sulfonamides is 1. The lowest BCUT2D eigenvalue weighted by atomic mass is 10.3. The fourth-order valence-electron chi connectivity index (χ4n) is 1.22. The van der Waals surface area contributed by atoms with E-state index in [9.17, 15) is 12.8 Å². The number of anilines is 2. The predicted octanol–water partition coefficient (Wildman–Crippen LogP) is 3.19. The molecule has 1 heterocycles. The average molecular weight is 431 g/mol. The summed E-state index contributed by atoms with van der Waals surface area (Å²) in [5, 5.41) is 0.132. The molecule has 0 bridgehead atoms. The number of nitrogen functional groups attached to an aromatic ring is 1. The van der Waals surface area contributed by atoms with Gasteiger partial charge < -0.3 is 5.73 Å². The van der Waals surface area contributed by atoms with E-state index in [1.54, 1.807) is 0 Å². The number of aromatic nitrogens is 1. The maximum Gasteiger partial charge on any atom is 0.266 e.